The minimum atomic E-state index is -0.233. The Morgan fingerprint density at radius 1 is 1.32 bits per heavy atom. The Morgan fingerprint density at radius 3 is 2.63 bits per heavy atom. The van der Waals surface area contributed by atoms with Gasteiger partial charge in [0.25, 0.3) is 0 Å². The summed E-state index contributed by atoms with van der Waals surface area (Å²) < 4.78 is 27.7. The van der Waals surface area contributed by atoms with Gasteiger partial charge < -0.3 is 0 Å². The maximum atomic E-state index is 13.3. The maximum Gasteiger partial charge on any atom is 0.187 e. The molecule has 1 heterocycles. The fraction of sp³-hybridized carbons (Fsp3) is 0.357. The highest BCUT2D eigenvalue weighted by Gasteiger charge is 2.31. The molecule has 0 N–H and O–H groups in total. The summed E-state index contributed by atoms with van der Waals surface area (Å²) in [5.74, 6) is 0.189. The molecule has 3 rings (SSSR count). The minimum Gasteiger partial charge on any atom is -0.207 e. The van der Waals surface area contributed by atoms with E-state index in [0.29, 0.717) is 11.5 Å². The van der Waals surface area contributed by atoms with Gasteiger partial charge in [-0.3, -0.25) is 0 Å². The molecule has 0 amide bonds. The highest BCUT2D eigenvalue weighted by atomic mass is 32.2. The number of hydrogen-bond donors (Lipinski definition) is 0. The highest BCUT2D eigenvalue weighted by molar-refractivity contribution is 7.92. The van der Waals surface area contributed by atoms with Gasteiger partial charge in [0.2, 0.25) is 0 Å². The van der Waals surface area contributed by atoms with Gasteiger partial charge in [-0.15, -0.1) is 3.89 Å². The molecule has 0 bridgehead atoms. The van der Waals surface area contributed by atoms with Gasteiger partial charge in [0.05, 0.1) is 11.4 Å². The Morgan fingerprint density at radius 2 is 2.05 bits per heavy atom. The molecule has 5 heteroatoms. The summed E-state index contributed by atoms with van der Waals surface area (Å²) in [6.07, 6.45) is 2.18. The fourth-order valence-corrected chi connectivity index (χ4v) is 2.90. The molecule has 1 saturated carbocycles. The topological polar surface area (TPSA) is 17.8 Å². The normalized spacial score (nSPS) is 14.9. The average molecular weight is 280 g/mol. The molecule has 19 heavy (non-hydrogen) atoms. The van der Waals surface area contributed by atoms with E-state index in [1.807, 2.05) is 6.92 Å². The maximum absolute atomic E-state index is 13.3. The summed E-state index contributed by atoms with van der Waals surface area (Å²) in [7, 11) is 0. The van der Waals surface area contributed by atoms with Crippen LogP contribution in [0.4, 0.5) is 8.28 Å². The summed E-state index contributed by atoms with van der Waals surface area (Å²) in [6, 6.07) is 4.89. The van der Waals surface area contributed by atoms with Gasteiger partial charge in [-0.25, -0.2) is 4.39 Å². The van der Waals surface area contributed by atoms with Gasteiger partial charge in [-0.05, 0) is 56.0 Å². The van der Waals surface area contributed by atoms with Crippen molar-refractivity contribution in [3.8, 4) is 11.3 Å². The SMILES string of the molecule is Cc1cc(-c2nn(SF)c(C3CC3)c2C)ccc1F. The van der Waals surface area contributed by atoms with Crippen molar-refractivity contribution in [1.82, 2.24) is 9.19 Å². The highest BCUT2D eigenvalue weighted by Crippen LogP contribution is 2.44. The first-order valence-electron chi connectivity index (χ1n) is 6.27. The van der Waals surface area contributed by atoms with E-state index < -0.39 is 0 Å². The first-order chi connectivity index (χ1) is 9.11. The van der Waals surface area contributed by atoms with Gasteiger partial charge in [-0.2, -0.15) is 9.19 Å². The Kier molecular flexibility index (Phi) is 3.09. The summed E-state index contributed by atoms with van der Waals surface area (Å²) in [6.45, 7) is 3.68. The van der Waals surface area contributed by atoms with Crippen molar-refractivity contribution in [2.45, 2.75) is 32.6 Å². The third-order valence-corrected chi connectivity index (χ3v) is 4.01. The van der Waals surface area contributed by atoms with E-state index >= 15 is 0 Å². The predicted molar refractivity (Wildman–Crippen MR) is 73.2 cm³/mol. The van der Waals surface area contributed by atoms with Crippen LogP contribution in [0.1, 0.15) is 35.6 Å². The van der Waals surface area contributed by atoms with E-state index in [1.165, 1.54) is 10.2 Å². The van der Waals surface area contributed by atoms with Crippen LogP contribution in [0.3, 0.4) is 0 Å². The van der Waals surface area contributed by atoms with Gasteiger partial charge in [0.1, 0.15) is 5.82 Å². The van der Waals surface area contributed by atoms with E-state index in [2.05, 4.69) is 5.10 Å². The van der Waals surface area contributed by atoms with Crippen LogP contribution in [0, 0.1) is 19.7 Å². The lowest BCUT2D eigenvalue weighted by molar-refractivity contribution is 0.618. The second-order valence-corrected chi connectivity index (χ2v) is 5.52. The smallest absolute Gasteiger partial charge is 0.187 e. The molecule has 0 saturated heterocycles. The van der Waals surface area contributed by atoms with Crippen LogP contribution >= 0.6 is 12.3 Å². The van der Waals surface area contributed by atoms with Crippen molar-refractivity contribution < 1.29 is 8.28 Å². The minimum absolute atomic E-state index is 0.132. The quantitative estimate of drug-likeness (QED) is 0.820. The summed E-state index contributed by atoms with van der Waals surface area (Å²) in [5, 5.41) is 4.31. The summed E-state index contributed by atoms with van der Waals surface area (Å²) in [5.41, 5.74) is 4.12. The number of rotatable bonds is 3. The van der Waals surface area contributed by atoms with Crippen LogP contribution < -0.4 is 0 Å². The zero-order chi connectivity index (χ0) is 13.6. The number of aryl methyl sites for hydroxylation is 1. The number of hydrogen-bond acceptors (Lipinski definition) is 2. The van der Waals surface area contributed by atoms with E-state index in [-0.39, 0.29) is 18.2 Å². The molecular weight excluding hydrogens is 266 g/mol. The fourth-order valence-electron chi connectivity index (χ4n) is 2.42. The van der Waals surface area contributed by atoms with Crippen molar-refractivity contribution in [3.63, 3.8) is 0 Å². The number of halogens is 2. The number of benzene rings is 1. The molecule has 1 fully saturated rings. The van der Waals surface area contributed by atoms with Crippen LogP contribution in [-0.2, 0) is 0 Å². The first-order valence-corrected chi connectivity index (χ1v) is 6.94. The second-order valence-electron chi connectivity index (χ2n) is 5.04. The first kappa shape index (κ1) is 12.7. The molecule has 2 nitrogen and oxygen atoms in total. The van der Waals surface area contributed by atoms with Crippen molar-refractivity contribution in [3.05, 3.63) is 40.8 Å². The molecule has 1 aliphatic rings. The molecule has 1 aromatic heterocycles. The van der Waals surface area contributed by atoms with Crippen LogP contribution in [0.5, 0.6) is 0 Å². The molecule has 1 aliphatic carbocycles. The van der Waals surface area contributed by atoms with Crippen LogP contribution in [-0.4, -0.2) is 9.19 Å². The summed E-state index contributed by atoms with van der Waals surface area (Å²) >= 11 is 0.132. The molecule has 1 aromatic carbocycles. The van der Waals surface area contributed by atoms with Gasteiger partial charge in [0.15, 0.2) is 12.3 Å². The molecule has 0 atom stereocenters. The predicted octanol–water partition coefficient (Wildman–Crippen LogP) is 4.56. The zero-order valence-corrected chi connectivity index (χ0v) is 11.6. The summed E-state index contributed by atoms with van der Waals surface area (Å²) in [4.78, 5) is 0. The lowest BCUT2D eigenvalue weighted by atomic mass is 10.0. The van der Waals surface area contributed by atoms with E-state index in [0.717, 1.165) is 35.4 Å². The molecular formula is C14H14F2N2S. The Bertz CT molecular complexity index is 633. The molecule has 100 valence electrons. The number of nitrogens with zero attached hydrogens (tertiary/aromatic N) is 2. The molecule has 0 spiro atoms. The molecule has 0 aliphatic heterocycles. The lowest BCUT2D eigenvalue weighted by Gasteiger charge is -2.02. The van der Waals surface area contributed by atoms with Crippen LogP contribution in [0.15, 0.2) is 18.2 Å². The third-order valence-electron chi connectivity index (χ3n) is 3.60. The largest absolute Gasteiger partial charge is 0.207 e. The van der Waals surface area contributed by atoms with Gasteiger partial charge in [-0.1, -0.05) is 0 Å². The molecule has 0 radical (unpaired) electrons. The Hall–Kier alpha value is -1.36. The lowest BCUT2D eigenvalue weighted by Crippen LogP contribution is -1.93. The van der Waals surface area contributed by atoms with Crippen LogP contribution in [0.25, 0.3) is 11.3 Å². The standard InChI is InChI=1S/C14H14F2N2S/c1-8-7-11(5-6-12(8)15)13-9(2)14(10-3-4-10)18(17-13)19-16/h5-7,10H,3-4H2,1-2H3. The number of aromatic nitrogens is 2. The van der Waals surface area contributed by atoms with Gasteiger partial charge >= 0.3 is 0 Å². The van der Waals surface area contributed by atoms with Crippen molar-refractivity contribution in [2.24, 2.45) is 0 Å². The van der Waals surface area contributed by atoms with Crippen molar-refractivity contribution >= 4 is 12.3 Å². The third kappa shape index (κ3) is 2.16. The zero-order valence-electron chi connectivity index (χ0n) is 10.8. The Labute approximate surface area is 115 Å². The second kappa shape index (κ2) is 4.63. The van der Waals surface area contributed by atoms with Crippen molar-refractivity contribution in [2.75, 3.05) is 0 Å². The van der Waals surface area contributed by atoms with E-state index in [4.69, 9.17) is 0 Å². The Balaban J connectivity index is 2.11. The monoisotopic (exact) mass is 280 g/mol. The van der Waals surface area contributed by atoms with Gasteiger partial charge in [0, 0.05) is 11.5 Å². The van der Waals surface area contributed by atoms with E-state index in [1.54, 1.807) is 19.1 Å². The van der Waals surface area contributed by atoms with Crippen molar-refractivity contribution in [1.29, 1.82) is 0 Å². The average Bonchev–Trinajstić information content (AvgIpc) is 3.17. The molecule has 0 unspecified atom stereocenters. The molecule has 2 aromatic rings. The van der Waals surface area contributed by atoms with E-state index in [9.17, 15) is 8.28 Å². The van der Waals surface area contributed by atoms with Crippen LogP contribution in [0.2, 0.25) is 0 Å².